The number of hydrogen-bond donors (Lipinski definition) is 1. The SMILES string of the molecule is C[C@H](Sc1nnc(-c2ccccc2)o1)C(=O)Nc1cc(F)ccc1F. The Balaban J connectivity index is 1.66. The Morgan fingerprint density at radius 3 is 2.68 bits per heavy atom. The lowest BCUT2D eigenvalue weighted by Gasteiger charge is -2.10. The van der Waals surface area contributed by atoms with Gasteiger partial charge in [-0.3, -0.25) is 4.79 Å². The topological polar surface area (TPSA) is 68.0 Å². The van der Waals surface area contributed by atoms with Crippen molar-refractivity contribution in [1.29, 1.82) is 0 Å². The van der Waals surface area contributed by atoms with Crippen LogP contribution in [0.4, 0.5) is 14.5 Å². The van der Waals surface area contributed by atoms with Gasteiger partial charge in [-0.2, -0.15) is 0 Å². The van der Waals surface area contributed by atoms with Crippen LogP contribution in [0.25, 0.3) is 11.5 Å². The lowest BCUT2D eigenvalue weighted by Crippen LogP contribution is -2.23. The summed E-state index contributed by atoms with van der Waals surface area (Å²) < 4.78 is 32.2. The smallest absolute Gasteiger partial charge is 0.277 e. The predicted molar refractivity (Wildman–Crippen MR) is 90.0 cm³/mol. The summed E-state index contributed by atoms with van der Waals surface area (Å²) in [6.45, 7) is 1.60. The molecule has 25 heavy (non-hydrogen) atoms. The molecular formula is C17H13F2N3O2S. The molecule has 0 unspecified atom stereocenters. The molecule has 8 heteroatoms. The first-order chi connectivity index (χ1) is 12.0. The molecule has 0 fully saturated rings. The van der Waals surface area contributed by atoms with Crippen LogP contribution in [0.15, 0.2) is 58.2 Å². The molecule has 1 amide bonds. The van der Waals surface area contributed by atoms with Gasteiger partial charge in [0.05, 0.1) is 10.9 Å². The molecular weight excluding hydrogens is 348 g/mol. The van der Waals surface area contributed by atoms with E-state index >= 15 is 0 Å². The fourth-order valence-electron chi connectivity index (χ4n) is 1.99. The van der Waals surface area contributed by atoms with E-state index in [0.29, 0.717) is 5.89 Å². The Bertz CT molecular complexity index is 887. The molecule has 0 aliphatic rings. The number of nitrogens with zero attached hydrogens (tertiary/aromatic N) is 2. The quantitative estimate of drug-likeness (QED) is 0.692. The van der Waals surface area contributed by atoms with Gasteiger partial charge in [-0.1, -0.05) is 30.0 Å². The standard InChI is InChI=1S/C17H13F2N3O2S/c1-10(15(23)20-14-9-12(18)7-8-13(14)19)25-17-22-21-16(24-17)11-5-3-2-4-6-11/h2-10H,1H3,(H,20,23)/t10-/m0/s1. The van der Waals surface area contributed by atoms with Gasteiger partial charge in [0.1, 0.15) is 11.6 Å². The van der Waals surface area contributed by atoms with Crippen molar-refractivity contribution in [2.75, 3.05) is 5.32 Å². The second-order valence-corrected chi connectivity index (χ2v) is 6.40. The molecule has 3 rings (SSSR count). The van der Waals surface area contributed by atoms with E-state index in [2.05, 4.69) is 15.5 Å². The Morgan fingerprint density at radius 2 is 1.92 bits per heavy atom. The Hall–Kier alpha value is -2.74. The number of hydrogen-bond acceptors (Lipinski definition) is 5. The summed E-state index contributed by atoms with van der Waals surface area (Å²) in [6, 6.07) is 12.1. The zero-order chi connectivity index (χ0) is 17.8. The second-order valence-electron chi connectivity index (χ2n) is 5.11. The van der Waals surface area contributed by atoms with Crippen LogP contribution in [-0.2, 0) is 4.79 Å². The first kappa shape index (κ1) is 17.1. The molecule has 0 aliphatic heterocycles. The second kappa shape index (κ2) is 7.43. The highest BCUT2D eigenvalue weighted by molar-refractivity contribution is 8.00. The van der Waals surface area contributed by atoms with Crippen molar-refractivity contribution >= 4 is 23.4 Å². The normalized spacial score (nSPS) is 12.0. The minimum absolute atomic E-state index is 0.209. The van der Waals surface area contributed by atoms with Gasteiger partial charge in [-0.15, -0.1) is 10.2 Å². The van der Waals surface area contributed by atoms with Crippen molar-refractivity contribution < 1.29 is 18.0 Å². The van der Waals surface area contributed by atoms with E-state index in [9.17, 15) is 13.6 Å². The minimum atomic E-state index is -0.712. The van der Waals surface area contributed by atoms with Crippen LogP contribution in [0.5, 0.6) is 0 Å². The first-order valence-electron chi connectivity index (χ1n) is 7.34. The van der Waals surface area contributed by atoms with Gasteiger partial charge in [-0.05, 0) is 31.2 Å². The van der Waals surface area contributed by atoms with E-state index in [1.165, 1.54) is 0 Å². The molecule has 0 radical (unpaired) electrons. The number of nitrogens with one attached hydrogen (secondary N) is 1. The lowest BCUT2D eigenvalue weighted by molar-refractivity contribution is -0.115. The van der Waals surface area contributed by atoms with Gasteiger partial charge in [0.15, 0.2) is 0 Å². The molecule has 3 aromatic rings. The van der Waals surface area contributed by atoms with E-state index in [-0.39, 0.29) is 10.9 Å². The average molecular weight is 361 g/mol. The molecule has 0 saturated carbocycles. The molecule has 2 aromatic carbocycles. The van der Waals surface area contributed by atoms with Crippen LogP contribution in [0.3, 0.4) is 0 Å². The van der Waals surface area contributed by atoms with Gasteiger partial charge >= 0.3 is 0 Å². The molecule has 0 aliphatic carbocycles. The number of carbonyl (C=O) groups is 1. The molecule has 5 nitrogen and oxygen atoms in total. The number of halogens is 2. The van der Waals surface area contributed by atoms with Gasteiger partial charge in [0.2, 0.25) is 11.8 Å². The van der Waals surface area contributed by atoms with E-state index in [0.717, 1.165) is 35.5 Å². The Labute approximate surface area is 146 Å². The molecule has 128 valence electrons. The summed E-state index contributed by atoms with van der Waals surface area (Å²) in [5, 5.41) is 9.72. The molecule has 0 spiro atoms. The maximum atomic E-state index is 13.6. The monoisotopic (exact) mass is 361 g/mol. The van der Waals surface area contributed by atoms with Crippen LogP contribution in [0, 0.1) is 11.6 Å². The number of anilines is 1. The van der Waals surface area contributed by atoms with Crippen LogP contribution >= 0.6 is 11.8 Å². The fourth-order valence-corrected chi connectivity index (χ4v) is 2.67. The molecule has 0 bridgehead atoms. The Kier molecular flexibility index (Phi) is 5.08. The Morgan fingerprint density at radius 1 is 1.16 bits per heavy atom. The van der Waals surface area contributed by atoms with Crippen LogP contribution < -0.4 is 5.32 Å². The summed E-state index contributed by atoms with van der Waals surface area (Å²) in [4.78, 5) is 12.1. The predicted octanol–water partition coefficient (Wildman–Crippen LogP) is 4.13. The zero-order valence-electron chi connectivity index (χ0n) is 13.1. The first-order valence-corrected chi connectivity index (χ1v) is 8.22. The maximum Gasteiger partial charge on any atom is 0.277 e. The molecule has 1 aromatic heterocycles. The van der Waals surface area contributed by atoms with Gasteiger partial charge in [0.25, 0.3) is 5.22 Å². The molecule has 1 atom stereocenters. The maximum absolute atomic E-state index is 13.6. The van der Waals surface area contributed by atoms with E-state index < -0.39 is 22.8 Å². The third-order valence-corrected chi connectivity index (χ3v) is 4.19. The number of amides is 1. The van der Waals surface area contributed by atoms with Crippen LogP contribution in [0.1, 0.15) is 6.92 Å². The lowest BCUT2D eigenvalue weighted by atomic mass is 10.2. The van der Waals surface area contributed by atoms with E-state index in [1.807, 2.05) is 30.3 Å². The van der Waals surface area contributed by atoms with Crippen LogP contribution in [-0.4, -0.2) is 21.4 Å². The van der Waals surface area contributed by atoms with Gasteiger partial charge < -0.3 is 9.73 Å². The third-order valence-electron chi connectivity index (χ3n) is 3.26. The highest BCUT2D eigenvalue weighted by atomic mass is 32.2. The summed E-state index contributed by atoms with van der Waals surface area (Å²) in [6.07, 6.45) is 0. The molecule has 1 heterocycles. The van der Waals surface area contributed by atoms with E-state index in [1.54, 1.807) is 6.92 Å². The largest absolute Gasteiger partial charge is 0.411 e. The van der Waals surface area contributed by atoms with Crippen molar-refractivity contribution in [2.45, 2.75) is 17.4 Å². The van der Waals surface area contributed by atoms with Crippen molar-refractivity contribution in [1.82, 2.24) is 10.2 Å². The summed E-state index contributed by atoms with van der Waals surface area (Å²) in [7, 11) is 0. The van der Waals surface area contributed by atoms with Crippen molar-refractivity contribution in [3.8, 4) is 11.5 Å². The molecule has 0 saturated heterocycles. The van der Waals surface area contributed by atoms with Gasteiger partial charge in [-0.25, -0.2) is 8.78 Å². The zero-order valence-corrected chi connectivity index (χ0v) is 13.9. The van der Waals surface area contributed by atoms with Crippen molar-refractivity contribution in [2.24, 2.45) is 0 Å². The number of aromatic nitrogens is 2. The number of carbonyl (C=O) groups excluding carboxylic acids is 1. The number of thioether (sulfide) groups is 1. The summed E-state index contributed by atoms with van der Waals surface area (Å²) >= 11 is 1.03. The van der Waals surface area contributed by atoms with Crippen molar-refractivity contribution in [3.63, 3.8) is 0 Å². The van der Waals surface area contributed by atoms with Crippen LogP contribution in [0.2, 0.25) is 0 Å². The third kappa shape index (κ3) is 4.21. The highest BCUT2D eigenvalue weighted by Gasteiger charge is 2.20. The van der Waals surface area contributed by atoms with E-state index in [4.69, 9.17) is 4.42 Å². The fraction of sp³-hybridized carbons (Fsp3) is 0.118. The number of rotatable bonds is 5. The minimum Gasteiger partial charge on any atom is -0.411 e. The van der Waals surface area contributed by atoms with Crippen molar-refractivity contribution in [3.05, 3.63) is 60.2 Å². The summed E-state index contributed by atoms with van der Waals surface area (Å²) in [5.74, 6) is -1.52. The average Bonchev–Trinajstić information content (AvgIpc) is 3.07. The molecule has 1 N–H and O–H groups in total. The number of benzene rings is 2. The summed E-state index contributed by atoms with van der Waals surface area (Å²) in [5.41, 5.74) is 0.550. The van der Waals surface area contributed by atoms with Gasteiger partial charge in [0, 0.05) is 11.6 Å². The highest BCUT2D eigenvalue weighted by Crippen LogP contribution is 2.27.